The summed E-state index contributed by atoms with van der Waals surface area (Å²) in [5, 5.41) is 0. The van der Waals surface area contributed by atoms with Crippen molar-refractivity contribution in [3.8, 4) is 0 Å². The van der Waals surface area contributed by atoms with Crippen LogP contribution in [0.2, 0.25) is 0 Å². The third-order valence-corrected chi connectivity index (χ3v) is 7.20. The Labute approximate surface area is 221 Å². The predicted octanol–water partition coefficient (Wildman–Crippen LogP) is 6.56. The number of hydrogen-bond donors (Lipinski definition) is 0. The van der Waals surface area contributed by atoms with E-state index in [4.69, 9.17) is 0 Å². The van der Waals surface area contributed by atoms with Crippen molar-refractivity contribution in [2.75, 3.05) is 18.0 Å². The molecule has 5 nitrogen and oxygen atoms in total. The van der Waals surface area contributed by atoms with Gasteiger partial charge in [-0.15, -0.1) is 0 Å². The summed E-state index contributed by atoms with van der Waals surface area (Å²) in [4.78, 5) is 31.5. The maximum Gasteiger partial charge on any atom is 0.254 e. The van der Waals surface area contributed by atoms with Gasteiger partial charge in [0, 0.05) is 60.3 Å². The molecule has 0 aromatic heterocycles. The molecule has 1 aliphatic heterocycles. The molecule has 1 amide bonds. The summed E-state index contributed by atoms with van der Waals surface area (Å²) in [7, 11) is 0. The lowest BCUT2D eigenvalue weighted by molar-refractivity contribution is 0.0643. The number of piperidine rings is 1. The number of amides is 1. The van der Waals surface area contributed by atoms with Gasteiger partial charge in [0.2, 0.25) is 0 Å². The topological polar surface area (TPSA) is 43.9 Å². The Bertz CT molecular complexity index is 1160. The molecule has 0 bridgehead atoms. The van der Waals surface area contributed by atoms with Crippen molar-refractivity contribution < 1.29 is 9.59 Å². The molecule has 0 radical (unpaired) electrons. The normalized spacial score (nSPS) is 14.6. The number of aldehydes is 1. The van der Waals surface area contributed by atoms with E-state index in [0.29, 0.717) is 17.2 Å². The van der Waals surface area contributed by atoms with Gasteiger partial charge in [0.1, 0.15) is 6.29 Å². The Morgan fingerprint density at radius 1 is 0.865 bits per heavy atom. The summed E-state index contributed by atoms with van der Waals surface area (Å²) < 4.78 is 0. The first-order valence-electron chi connectivity index (χ1n) is 13.4. The summed E-state index contributed by atoms with van der Waals surface area (Å²) in [6, 6.07) is 27.0. The van der Waals surface area contributed by atoms with E-state index in [-0.39, 0.29) is 18.0 Å². The zero-order valence-electron chi connectivity index (χ0n) is 22.5. The third-order valence-electron chi connectivity index (χ3n) is 7.20. The average molecular weight is 498 g/mol. The molecule has 1 saturated heterocycles. The second-order valence-corrected chi connectivity index (χ2v) is 10.5. The molecule has 37 heavy (non-hydrogen) atoms. The zero-order chi connectivity index (χ0) is 26.4. The smallest absolute Gasteiger partial charge is 0.254 e. The Balaban J connectivity index is 1.57. The summed E-state index contributed by atoms with van der Waals surface area (Å²) in [5.41, 5.74) is 4.76. The molecule has 4 rings (SSSR count). The fraction of sp³-hybridized carbons (Fsp3) is 0.375. The highest BCUT2D eigenvalue weighted by Gasteiger charge is 2.27. The summed E-state index contributed by atoms with van der Waals surface area (Å²) >= 11 is 0. The molecule has 0 spiro atoms. The van der Waals surface area contributed by atoms with Gasteiger partial charge in [0.25, 0.3) is 5.91 Å². The van der Waals surface area contributed by atoms with E-state index >= 15 is 0 Å². The van der Waals surface area contributed by atoms with Crippen LogP contribution in [0.3, 0.4) is 0 Å². The van der Waals surface area contributed by atoms with Crippen molar-refractivity contribution in [2.24, 2.45) is 0 Å². The first-order chi connectivity index (χ1) is 17.9. The van der Waals surface area contributed by atoms with Gasteiger partial charge in [-0.3, -0.25) is 14.5 Å². The van der Waals surface area contributed by atoms with E-state index < -0.39 is 0 Å². The lowest BCUT2D eigenvalue weighted by Gasteiger charge is -2.40. The van der Waals surface area contributed by atoms with E-state index in [2.05, 4.69) is 86.0 Å². The van der Waals surface area contributed by atoms with Crippen molar-refractivity contribution in [3.63, 3.8) is 0 Å². The summed E-state index contributed by atoms with van der Waals surface area (Å²) in [6.45, 7) is 11.2. The number of carbonyl (C=O) groups is 2. The summed E-state index contributed by atoms with van der Waals surface area (Å²) in [5.74, 6) is 0.0558. The first-order valence-corrected chi connectivity index (χ1v) is 13.4. The maximum absolute atomic E-state index is 13.2. The molecule has 0 unspecified atom stereocenters. The number of nitrogens with zero attached hydrogens (tertiary/aromatic N) is 3. The fourth-order valence-electron chi connectivity index (χ4n) is 5.47. The molecule has 1 fully saturated rings. The van der Waals surface area contributed by atoms with Gasteiger partial charge in [0.05, 0.1) is 0 Å². The van der Waals surface area contributed by atoms with E-state index in [1.54, 1.807) is 0 Å². The average Bonchev–Trinajstić information content (AvgIpc) is 2.90. The molecule has 0 saturated carbocycles. The van der Waals surface area contributed by atoms with Crippen molar-refractivity contribution >= 4 is 23.6 Å². The van der Waals surface area contributed by atoms with Crippen molar-refractivity contribution in [1.29, 1.82) is 0 Å². The van der Waals surface area contributed by atoms with Gasteiger partial charge in [-0.05, 0) is 82.5 Å². The number of carbonyl (C=O) groups excluding carboxylic acids is 2. The van der Waals surface area contributed by atoms with Gasteiger partial charge in [-0.2, -0.15) is 0 Å². The Morgan fingerprint density at radius 3 is 2.11 bits per heavy atom. The maximum atomic E-state index is 13.2. The quantitative estimate of drug-likeness (QED) is 0.314. The van der Waals surface area contributed by atoms with Crippen LogP contribution in [0.1, 0.15) is 66.8 Å². The van der Waals surface area contributed by atoms with Gasteiger partial charge in [-0.1, -0.05) is 42.5 Å². The minimum atomic E-state index is 0.0558. The Hall–Kier alpha value is -3.44. The standard InChI is InChI=1S/C32H39N3O2/c1-24(2)34(25(3)4)32(37)28-13-15-29(16-14-28)35(31-12-8-11-27(21-31)23-36)30-17-19-33(20-18-30)22-26-9-6-5-7-10-26/h5-16,21,23-25,30H,17-20,22H2,1-4H3. The van der Waals surface area contributed by atoms with Crippen LogP contribution in [0.4, 0.5) is 11.4 Å². The van der Waals surface area contributed by atoms with Crippen LogP contribution in [0, 0.1) is 0 Å². The molecule has 5 heteroatoms. The van der Waals surface area contributed by atoms with Gasteiger partial charge in [-0.25, -0.2) is 0 Å². The van der Waals surface area contributed by atoms with E-state index in [0.717, 1.165) is 50.1 Å². The molecule has 1 aliphatic rings. The van der Waals surface area contributed by atoms with Gasteiger partial charge < -0.3 is 9.80 Å². The minimum absolute atomic E-state index is 0.0558. The lowest BCUT2D eigenvalue weighted by Crippen LogP contribution is -2.43. The molecular formula is C32H39N3O2. The molecular weight excluding hydrogens is 458 g/mol. The largest absolute Gasteiger partial charge is 0.338 e. The minimum Gasteiger partial charge on any atom is -0.338 e. The first kappa shape index (κ1) is 26.6. The van der Waals surface area contributed by atoms with Gasteiger partial charge in [0.15, 0.2) is 0 Å². The Kier molecular flexibility index (Phi) is 8.78. The molecule has 1 heterocycles. The number of rotatable bonds is 9. The predicted molar refractivity (Wildman–Crippen MR) is 152 cm³/mol. The van der Waals surface area contributed by atoms with Crippen LogP contribution in [-0.2, 0) is 6.54 Å². The van der Waals surface area contributed by atoms with E-state index in [1.165, 1.54) is 5.56 Å². The van der Waals surface area contributed by atoms with Crippen molar-refractivity contribution in [2.45, 2.75) is 65.2 Å². The van der Waals surface area contributed by atoms with Crippen LogP contribution < -0.4 is 4.90 Å². The summed E-state index contributed by atoms with van der Waals surface area (Å²) in [6.07, 6.45) is 2.94. The molecule has 194 valence electrons. The molecule has 0 atom stereocenters. The van der Waals surface area contributed by atoms with Crippen LogP contribution in [0.25, 0.3) is 0 Å². The second kappa shape index (κ2) is 12.2. The molecule has 3 aromatic rings. The van der Waals surface area contributed by atoms with Crippen LogP contribution >= 0.6 is 0 Å². The van der Waals surface area contributed by atoms with Crippen LogP contribution in [-0.4, -0.2) is 53.2 Å². The molecule has 0 aliphatic carbocycles. The fourth-order valence-corrected chi connectivity index (χ4v) is 5.47. The van der Waals surface area contributed by atoms with E-state index in [9.17, 15) is 9.59 Å². The van der Waals surface area contributed by atoms with E-state index in [1.807, 2.05) is 35.2 Å². The number of benzene rings is 3. The zero-order valence-corrected chi connectivity index (χ0v) is 22.5. The lowest BCUT2D eigenvalue weighted by atomic mass is 9.99. The number of hydrogen-bond acceptors (Lipinski definition) is 4. The van der Waals surface area contributed by atoms with Crippen molar-refractivity contribution in [3.05, 3.63) is 95.6 Å². The van der Waals surface area contributed by atoms with Crippen LogP contribution in [0.5, 0.6) is 0 Å². The number of anilines is 2. The third kappa shape index (κ3) is 6.47. The highest BCUT2D eigenvalue weighted by molar-refractivity contribution is 5.95. The molecule has 0 N–H and O–H groups in total. The van der Waals surface area contributed by atoms with Crippen molar-refractivity contribution in [1.82, 2.24) is 9.80 Å². The highest BCUT2D eigenvalue weighted by Crippen LogP contribution is 2.33. The second-order valence-electron chi connectivity index (χ2n) is 10.5. The number of likely N-dealkylation sites (tertiary alicyclic amines) is 1. The molecule has 3 aromatic carbocycles. The SMILES string of the molecule is CC(C)N(C(=O)c1ccc(N(c2cccc(C=O)c2)C2CCN(Cc3ccccc3)CC2)cc1)C(C)C. The van der Waals surface area contributed by atoms with Crippen LogP contribution in [0.15, 0.2) is 78.9 Å². The van der Waals surface area contributed by atoms with Gasteiger partial charge >= 0.3 is 0 Å². The monoisotopic (exact) mass is 497 g/mol. The Morgan fingerprint density at radius 2 is 1.51 bits per heavy atom. The highest BCUT2D eigenvalue weighted by atomic mass is 16.2.